The summed E-state index contributed by atoms with van der Waals surface area (Å²) in [6.07, 6.45) is 2.03. The van der Waals surface area contributed by atoms with Gasteiger partial charge in [-0.05, 0) is 48.4 Å². The Labute approximate surface area is 223 Å². The number of aldehydes is 1. The van der Waals surface area contributed by atoms with Crippen LogP contribution in [0.25, 0.3) is 11.1 Å². The van der Waals surface area contributed by atoms with Crippen molar-refractivity contribution in [3.63, 3.8) is 0 Å². The van der Waals surface area contributed by atoms with E-state index in [1.807, 2.05) is 61.6 Å². The van der Waals surface area contributed by atoms with Crippen molar-refractivity contribution < 1.29 is 19.1 Å². The van der Waals surface area contributed by atoms with Crippen LogP contribution in [0.5, 0.6) is 0 Å². The van der Waals surface area contributed by atoms with Crippen LogP contribution in [0.4, 0.5) is 10.5 Å². The van der Waals surface area contributed by atoms with Crippen LogP contribution in [0, 0.1) is 11.8 Å². The molecule has 1 aliphatic carbocycles. The molecule has 1 heterocycles. The first-order chi connectivity index (χ1) is 18.5. The van der Waals surface area contributed by atoms with Crippen molar-refractivity contribution >= 4 is 24.0 Å². The number of fused-ring (bicyclic) bond motifs is 1. The van der Waals surface area contributed by atoms with Gasteiger partial charge in [-0.3, -0.25) is 14.9 Å². The molecule has 196 valence electrons. The molecule has 7 heteroatoms. The molecule has 5 rings (SSSR count). The van der Waals surface area contributed by atoms with Gasteiger partial charge in [0.1, 0.15) is 12.4 Å². The smallest absolute Gasteiger partial charge is 0.411 e. The third-order valence-electron chi connectivity index (χ3n) is 7.70. The minimum atomic E-state index is -0.406. The van der Waals surface area contributed by atoms with Gasteiger partial charge >= 0.3 is 6.09 Å². The van der Waals surface area contributed by atoms with Gasteiger partial charge in [0.15, 0.2) is 0 Å². The fraction of sp³-hybridized carbons (Fsp3) is 0.323. The van der Waals surface area contributed by atoms with Gasteiger partial charge in [0.25, 0.3) is 5.91 Å². The average molecular weight is 512 g/mol. The SMILES string of the molecule is CN(CCN1C[C@H]2C[C@H](OC(=O)Nc3ccccc3-c3ccccc3)C[C@H]2C1)C(=O)c1ccc(C=O)cc1. The van der Waals surface area contributed by atoms with E-state index in [-0.39, 0.29) is 12.0 Å². The van der Waals surface area contributed by atoms with Gasteiger partial charge in [0.05, 0.1) is 5.69 Å². The minimum absolute atomic E-state index is 0.0462. The number of ether oxygens (including phenoxy) is 1. The van der Waals surface area contributed by atoms with E-state index in [0.717, 1.165) is 55.6 Å². The fourth-order valence-corrected chi connectivity index (χ4v) is 5.69. The number of nitrogens with one attached hydrogen (secondary N) is 1. The van der Waals surface area contributed by atoms with Crippen molar-refractivity contribution in [3.8, 4) is 11.1 Å². The largest absolute Gasteiger partial charge is 0.446 e. The maximum atomic E-state index is 12.7. The third kappa shape index (κ3) is 5.94. The molecule has 1 aliphatic heterocycles. The lowest BCUT2D eigenvalue weighted by Gasteiger charge is -2.23. The summed E-state index contributed by atoms with van der Waals surface area (Å²) >= 11 is 0. The first-order valence-electron chi connectivity index (χ1n) is 13.2. The minimum Gasteiger partial charge on any atom is -0.446 e. The normalized spacial score (nSPS) is 20.5. The van der Waals surface area contributed by atoms with E-state index in [9.17, 15) is 14.4 Å². The van der Waals surface area contributed by atoms with Gasteiger partial charge in [0, 0.05) is 49.9 Å². The van der Waals surface area contributed by atoms with Gasteiger partial charge in [0.2, 0.25) is 0 Å². The average Bonchev–Trinajstić information content (AvgIpc) is 3.50. The molecule has 0 spiro atoms. The second-order valence-corrected chi connectivity index (χ2v) is 10.3. The molecule has 1 saturated carbocycles. The number of benzene rings is 3. The molecule has 38 heavy (non-hydrogen) atoms. The molecule has 1 saturated heterocycles. The summed E-state index contributed by atoms with van der Waals surface area (Å²) in [7, 11) is 1.81. The van der Waals surface area contributed by atoms with Gasteiger partial charge in [-0.1, -0.05) is 60.7 Å². The van der Waals surface area contributed by atoms with Crippen LogP contribution in [0.1, 0.15) is 33.6 Å². The molecule has 3 aromatic carbocycles. The summed E-state index contributed by atoms with van der Waals surface area (Å²) in [6, 6.07) is 24.5. The van der Waals surface area contributed by atoms with E-state index in [4.69, 9.17) is 4.74 Å². The van der Waals surface area contributed by atoms with Crippen molar-refractivity contribution in [3.05, 3.63) is 90.0 Å². The monoisotopic (exact) mass is 511 g/mol. The molecule has 3 aromatic rings. The summed E-state index contributed by atoms with van der Waals surface area (Å²) in [5.74, 6) is 0.956. The van der Waals surface area contributed by atoms with Gasteiger partial charge in [-0.15, -0.1) is 0 Å². The summed E-state index contributed by atoms with van der Waals surface area (Å²) in [5, 5.41) is 2.95. The highest BCUT2D eigenvalue weighted by Crippen LogP contribution is 2.39. The van der Waals surface area contributed by atoms with Crippen LogP contribution in [0.15, 0.2) is 78.9 Å². The number of nitrogens with zero attached hydrogens (tertiary/aromatic N) is 2. The maximum Gasteiger partial charge on any atom is 0.411 e. The third-order valence-corrected chi connectivity index (χ3v) is 7.70. The van der Waals surface area contributed by atoms with Crippen molar-refractivity contribution in [1.82, 2.24) is 9.80 Å². The van der Waals surface area contributed by atoms with E-state index in [0.29, 0.717) is 29.5 Å². The Bertz CT molecular complexity index is 1260. The van der Waals surface area contributed by atoms with Crippen LogP contribution >= 0.6 is 0 Å². The summed E-state index contributed by atoms with van der Waals surface area (Å²) in [6.45, 7) is 3.36. The van der Waals surface area contributed by atoms with Crippen LogP contribution in [-0.2, 0) is 4.74 Å². The molecule has 7 nitrogen and oxygen atoms in total. The highest BCUT2D eigenvalue weighted by atomic mass is 16.6. The Kier molecular flexibility index (Phi) is 7.84. The Morgan fingerprint density at radius 3 is 2.29 bits per heavy atom. The van der Waals surface area contributed by atoms with Crippen LogP contribution in [0.3, 0.4) is 0 Å². The fourth-order valence-electron chi connectivity index (χ4n) is 5.69. The highest BCUT2D eigenvalue weighted by molar-refractivity contribution is 5.94. The molecule has 2 aliphatic rings. The number of likely N-dealkylation sites (tertiary alicyclic amines) is 1. The Hall–Kier alpha value is -3.97. The number of carbonyl (C=O) groups excluding carboxylic acids is 3. The molecular formula is C31H33N3O4. The van der Waals surface area contributed by atoms with Gasteiger partial charge < -0.3 is 14.5 Å². The van der Waals surface area contributed by atoms with Crippen LogP contribution in [-0.4, -0.2) is 67.4 Å². The molecule has 0 bridgehead atoms. The number of rotatable bonds is 8. The Morgan fingerprint density at radius 1 is 0.947 bits per heavy atom. The highest BCUT2D eigenvalue weighted by Gasteiger charge is 2.42. The van der Waals surface area contributed by atoms with E-state index in [1.165, 1.54) is 0 Å². The number of anilines is 1. The summed E-state index contributed by atoms with van der Waals surface area (Å²) in [4.78, 5) is 40.4. The zero-order valence-corrected chi connectivity index (χ0v) is 21.6. The van der Waals surface area contributed by atoms with E-state index in [2.05, 4.69) is 10.2 Å². The van der Waals surface area contributed by atoms with Crippen molar-refractivity contribution in [1.29, 1.82) is 0 Å². The first-order valence-corrected chi connectivity index (χ1v) is 13.2. The van der Waals surface area contributed by atoms with Gasteiger partial charge in [-0.2, -0.15) is 0 Å². The Balaban J connectivity index is 1.07. The number of carbonyl (C=O) groups is 3. The molecule has 1 N–H and O–H groups in total. The summed E-state index contributed by atoms with van der Waals surface area (Å²) < 4.78 is 5.83. The first kappa shape index (κ1) is 25.7. The number of hydrogen-bond acceptors (Lipinski definition) is 5. The van der Waals surface area contributed by atoms with Crippen molar-refractivity contribution in [2.45, 2.75) is 18.9 Å². The lowest BCUT2D eigenvalue weighted by Crippen LogP contribution is -2.36. The molecular weight excluding hydrogens is 478 g/mol. The lowest BCUT2D eigenvalue weighted by atomic mass is 10.0. The quantitative estimate of drug-likeness (QED) is 0.421. The number of hydrogen-bond donors (Lipinski definition) is 1. The van der Waals surface area contributed by atoms with Crippen LogP contribution < -0.4 is 5.32 Å². The Morgan fingerprint density at radius 2 is 1.61 bits per heavy atom. The predicted molar refractivity (Wildman–Crippen MR) is 147 cm³/mol. The molecule has 0 radical (unpaired) electrons. The number of para-hydroxylation sites is 1. The second-order valence-electron chi connectivity index (χ2n) is 10.3. The maximum absolute atomic E-state index is 12.7. The number of likely N-dealkylation sites (N-methyl/N-ethyl adjacent to an activating group) is 1. The van der Waals surface area contributed by atoms with Crippen LogP contribution in [0.2, 0.25) is 0 Å². The topological polar surface area (TPSA) is 79.0 Å². The summed E-state index contributed by atoms with van der Waals surface area (Å²) in [5.41, 5.74) is 3.89. The van der Waals surface area contributed by atoms with E-state index < -0.39 is 6.09 Å². The van der Waals surface area contributed by atoms with Crippen molar-refractivity contribution in [2.24, 2.45) is 11.8 Å². The number of amides is 2. The molecule has 0 unspecified atom stereocenters. The van der Waals surface area contributed by atoms with Crippen molar-refractivity contribution in [2.75, 3.05) is 38.5 Å². The standard InChI is InChI=1S/C31H33N3O4/c1-33(30(36)24-13-11-22(21-35)12-14-24)15-16-34-19-25-17-27(18-26(25)20-34)38-31(37)32-29-10-6-5-9-28(29)23-7-3-2-4-8-23/h2-14,21,25-27H,15-20H2,1H3,(H,32,37)/t25-,26+,27+. The van der Waals surface area contributed by atoms with E-state index in [1.54, 1.807) is 29.2 Å². The molecule has 2 amide bonds. The molecule has 0 aromatic heterocycles. The molecule has 3 atom stereocenters. The van der Waals surface area contributed by atoms with Gasteiger partial charge in [-0.25, -0.2) is 4.79 Å². The van der Waals surface area contributed by atoms with E-state index >= 15 is 0 Å². The lowest BCUT2D eigenvalue weighted by molar-refractivity contribution is 0.0778. The predicted octanol–water partition coefficient (Wildman–Crippen LogP) is 5.20. The zero-order chi connectivity index (χ0) is 26.5. The molecule has 2 fully saturated rings. The second kappa shape index (κ2) is 11.6. The zero-order valence-electron chi connectivity index (χ0n) is 21.6.